The van der Waals surface area contributed by atoms with Crippen molar-refractivity contribution in [3.63, 3.8) is 0 Å². The number of amides is 2. The van der Waals surface area contributed by atoms with Gasteiger partial charge in [-0.15, -0.1) is 0 Å². The molecular weight excluding hydrogens is 206 g/mol. The van der Waals surface area contributed by atoms with Crippen LogP contribution in [0.2, 0.25) is 0 Å². The number of carbonyl (C=O) groups excluding carboxylic acids is 2. The number of hydrogen-bond acceptors (Lipinski definition) is 3. The first-order chi connectivity index (χ1) is 7.63. The Hall–Kier alpha value is -1.10. The third-order valence-corrected chi connectivity index (χ3v) is 2.70. The van der Waals surface area contributed by atoms with Crippen molar-refractivity contribution in [3.8, 4) is 0 Å². The summed E-state index contributed by atoms with van der Waals surface area (Å²) in [6.45, 7) is 6.64. The third-order valence-electron chi connectivity index (χ3n) is 2.70. The molecule has 16 heavy (non-hydrogen) atoms. The number of carbonyl (C=O) groups is 2. The summed E-state index contributed by atoms with van der Waals surface area (Å²) in [7, 11) is 0. The largest absolute Gasteiger partial charge is 0.354 e. The van der Waals surface area contributed by atoms with Crippen LogP contribution in [0.25, 0.3) is 0 Å². The van der Waals surface area contributed by atoms with Gasteiger partial charge in [-0.05, 0) is 13.5 Å². The van der Waals surface area contributed by atoms with Crippen molar-refractivity contribution in [1.29, 1.82) is 0 Å². The Labute approximate surface area is 96.6 Å². The van der Waals surface area contributed by atoms with Crippen LogP contribution in [-0.2, 0) is 9.59 Å². The van der Waals surface area contributed by atoms with Gasteiger partial charge in [0, 0.05) is 38.5 Å². The second-order valence-corrected chi connectivity index (χ2v) is 4.14. The second-order valence-electron chi connectivity index (χ2n) is 4.14. The lowest BCUT2D eigenvalue weighted by Gasteiger charge is -2.21. The van der Waals surface area contributed by atoms with Crippen LogP contribution in [0.4, 0.5) is 0 Å². The summed E-state index contributed by atoms with van der Waals surface area (Å²) in [5.74, 6) is 0.167. The standard InChI is InChI=1S/C11H21N3O2/c1-3-12-9(2)8-11(16)14-6-4-10(15)13-5-7-14/h9,12H,3-8H2,1-2H3,(H,13,15). The SMILES string of the molecule is CCNC(C)CC(=O)N1CCNC(=O)CC1. The number of hydrogen-bond donors (Lipinski definition) is 2. The lowest BCUT2D eigenvalue weighted by atomic mass is 10.2. The molecule has 5 heteroatoms. The predicted molar refractivity (Wildman–Crippen MR) is 62.0 cm³/mol. The molecule has 0 aromatic heterocycles. The minimum atomic E-state index is 0.0371. The van der Waals surface area contributed by atoms with Crippen molar-refractivity contribution in [2.24, 2.45) is 0 Å². The van der Waals surface area contributed by atoms with Gasteiger partial charge in [0.2, 0.25) is 11.8 Å². The van der Waals surface area contributed by atoms with E-state index in [4.69, 9.17) is 0 Å². The van der Waals surface area contributed by atoms with E-state index in [1.54, 1.807) is 4.90 Å². The summed E-state index contributed by atoms with van der Waals surface area (Å²) in [6, 6.07) is 0.199. The molecule has 0 spiro atoms. The highest BCUT2D eigenvalue weighted by Gasteiger charge is 2.19. The zero-order valence-electron chi connectivity index (χ0n) is 10.1. The molecule has 1 aliphatic heterocycles. The van der Waals surface area contributed by atoms with E-state index in [0.29, 0.717) is 32.5 Å². The number of nitrogens with one attached hydrogen (secondary N) is 2. The molecule has 2 amide bonds. The smallest absolute Gasteiger partial charge is 0.224 e. The molecule has 0 aromatic carbocycles. The van der Waals surface area contributed by atoms with E-state index in [1.165, 1.54) is 0 Å². The third kappa shape index (κ3) is 4.18. The van der Waals surface area contributed by atoms with E-state index >= 15 is 0 Å². The van der Waals surface area contributed by atoms with E-state index < -0.39 is 0 Å². The van der Waals surface area contributed by atoms with Gasteiger partial charge in [-0.3, -0.25) is 9.59 Å². The molecule has 1 unspecified atom stereocenters. The first-order valence-electron chi connectivity index (χ1n) is 5.91. The summed E-state index contributed by atoms with van der Waals surface area (Å²) in [4.78, 5) is 24.8. The van der Waals surface area contributed by atoms with E-state index in [9.17, 15) is 9.59 Å². The Bertz CT molecular complexity index is 256. The monoisotopic (exact) mass is 227 g/mol. The molecule has 92 valence electrons. The molecule has 0 bridgehead atoms. The molecule has 1 saturated heterocycles. The maximum absolute atomic E-state index is 11.9. The molecule has 1 atom stereocenters. The van der Waals surface area contributed by atoms with Crippen LogP contribution in [0.5, 0.6) is 0 Å². The molecule has 0 aromatic rings. The fourth-order valence-corrected chi connectivity index (χ4v) is 1.83. The highest BCUT2D eigenvalue weighted by Crippen LogP contribution is 2.02. The average molecular weight is 227 g/mol. The van der Waals surface area contributed by atoms with Gasteiger partial charge >= 0.3 is 0 Å². The Morgan fingerprint density at radius 3 is 3.00 bits per heavy atom. The lowest BCUT2D eigenvalue weighted by Crippen LogP contribution is -2.38. The maximum Gasteiger partial charge on any atom is 0.224 e. The minimum Gasteiger partial charge on any atom is -0.354 e. The Morgan fingerprint density at radius 2 is 2.31 bits per heavy atom. The van der Waals surface area contributed by atoms with Gasteiger partial charge in [0.05, 0.1) is 0 Å². The van der Waals surface area contributed by atoms with Crippen molar-refractivity contribution >= 4 is 11.8 Å². The van der Waals surface area contributed by atoms with Crippen molar-refractivity contribution < 1.29 is 9.59 Å². The molecular formula is C11H21N3O2. The summed E-state index contributed by atoms with van der Waals surface area (Å²) in [6.07, 6.45) is 0.920. The summed E-state index contributed by atoms with van der Waals surface area (Å²) in [5, 5.41) is 5.97. The van der Waals surface area contributed by atoms with Crippen molar-refractivity contribution in [3.05, 3.63) is 0 Å². The highest BCUT2D eigenvalue weighted by atomic mass is 16.2. The topological polar surface area (TPSA) is 61.4 Å². The van der Waals surface area contributed by atoms with Crippen molar-refractivity contribution in [2.75, 3.05) is 26.2 Å². The molecule has 0 radical (unpaired) electrons. The van der Waals surface area contributed by atoms with Gasteiger partial charge in [-0.1, -0.05) is 6.92 Å². The van der Waals surface area contributed by atoms with Gasteiger partial charge in [-0.25, -0.2) is 0 Å². The van der Waals surface area contributed by atoms with Gasteiger partial charge in [0.25, 0.3) is 0 Å². The van der Waals surface area contributed by atoms with Crippen LogP contribution in [0, 0.1) is 0 Å². The fraction of sp³-hybridized carbons (Fsp3) is 0.818. The van der Waals surface area contributed by atoms with Crippen molar-refractivity contribution in [1.82, 2.24) is 15.5 Å². The van der Waals surface area contributed by atoms with Gasteiger partial charge < -0.3 is 15.5 Å². The van der Waals surface area contributed by atoms with Gasteiger partial charge in [0.15, 0.2) is 0 Å². The van der Waals surface area contributed by atoms with Crippen LogP contribution in [0.1, 0.15) is 26.7 Å². The van der Waals surface area contributed by atoms with Crippen molar-refractivity contribution in [2.45, 2.75) is 32.7 Å². The predicted octanol–water partition coefficient (Wildman–Crippen LogP) is -0.277. The minimum absolute atomic E-state index is 0.0371. The van der Waals surface area contributed by atoms with Crippen LogP contribution in [0.15, 0.2) is 0 Å². The molecule has 5 nitrogen and oxygen atoms in total. The van der Waals surface area contributed by atoms with Crippen LogP contribution < -0.4 is 10.6 Å². The fourth-order valence-electron chi connectivity index (χ4n) is 1.83. The summed E-state index contributed by atoms with van der Waals surface area (Å²) >= 11 is 0. The maximum atomic E-state index is 11.9. The number of rotatable bonds is 4. The van der Waals surface area contributed by atoms with E-state index in [-0.39, 0.29) is 17.9 Å². The molecule has 1 aliphatic rings. The molecule has 1 rings (SSSR count). The zero-order valence-corrected chi connectivity index (χ0v) is 10.1. The molecule has 0 saturated carbocycles. The normalized spacial score (nSPS) is 18.9. The Kier molecular flexibility index (Phi) is 5.25. The van der Waals surface area contributed by atoms with E-state index in [0.717, 1.165) is 6.54 Å². The quantitative estimate of drug-likeness (QED) is 0.694. The van der Waals surface area contributed by atoms with E-state index in [2.05, 4.69) is 10.6 Å². The zero-order chi connectivity index (χ0) is 12.0. The average Bonchev–Trinajstić information content (AvgIpc) is 2.43. The highest BCUT2D eigenvalue weighted by molar-refractivity contribution is 5.80. The van der Waals surface area contributed by atoms with Crippen LogP contribution >= 0.6 is 0 Å². The molecule has 1 fully saturated rings. The lowest BCUT2D eigenvalue weighted by molar-refractivity contribution is -0.131. The van der Waals surface area contributed by atoms with Gasteiger partial charge in [0.1, 0.15) is 0 Å². The van der Waals surface area contributed by atoms with E-state index in [1.807, 2.05) is 13.8 Å². The first-order valence-corrected chi connectivity index (χ1v) is 5.91. The Morgan fingerprint density at radius 1 is 1.56 bits per heavy atom. The molecule has 1 heterocycles. The summed E-state index contributed by atoms with van der Waals surface area (Å²) in [5.41, 5.74) is 0. The molecule has 0 aliphatic carbocycles. The second kappa shape index (κ2) is 6.48. The first kappa shape index (κ1) is 13.0. The number of nitrogens with zero attached hydrogens (tertiary/aromatic N) is 1. The van der Waals surface area contributed by atoms with Gasteiger partial charge in [-0.2, -0.15) is 0 Å². The Balaban J connectivity index is 2.37. The molecule has 2 N–H and O–H groups in total. The van der Waals surface area contributed by atoms with Crippen LogP contribution in [0.3, 0.4) is 0 Å². The summed E-state index contributed by atoms with van der Waals surface area (Å²) < 4.78 is 0. The van der Waals surface area contributed by atoms with Crippen LogP contribution in [-0.4, -0.2) is 48.9 Å².